The molecule has 0 aliphatic carbocycles. The van der Waals surface area contributed by atoms with Crippen LogP contribution >= 0.6 is 0 Å². The second kappa shape index (κ2) is 9.65. The first-order valence-corrected chi connectivity index (χ1v) is 9.42. The Morgan fingerprint density at radius 3 is 2.66 bits per heavy atom. The maximum Gasteiger partial charge on any atom is 0.326 e. The van der Waals surface area contributed by atoms with Gasteiger partial charge in [0.25, 0.3) is 5.91 Å². The summed E-state index contributed by atoms with van der Waals surface area (Å²) in [5.41, 5.74) is 6.03. The molecule has 166 valence electrons. The monoisotopic (exact) mass is 440 g/mol. The van der Waals surface area contributed by atoms with Gasteiger partial charge < -0.3 is 30.4 Å². The minimum Gasteiger partial charge on any atom is -0.497 e. The zero-order valence-electron chi connectivity index (χ0n) is 17.0. The van der Waals surface area contributed by atoms with E-state index in [1.54, 1.807) is 37.5 Å². The number of ether oxygens (including phenoxy) is 3. The highest BCUT2D eigenvalue weighted by Gasteiger charge is 2.28. The highest BCUT2D eigenvalue weighted by atomic mass is 16.5. The number of allylic oxidation sites excluding steroid dienone is 1. The van der Waals surface area contributed by atoms with Gasteiger partial charge in [-0.05, 0) is 35.9 Å². The van der Waals surface area contributed by atoms with Gasteiger partial charge in [0, 0.05) is 6.07 Å². The Balaban J connectivity index is 1.65. The van der Waals surface area contributed by atoms with Crippen LogP contribution in [0, 0.1) is 0 Å². The van der Waals surface area contributed by atoms with Crippen molar-refractivity contribution >= 4 is 29.6 Å². The summed E-state index contributed by atoms with van der Waals surface area (Å²) in [4.78, 5) is 46.5. The molecule has 1 aliphatic heterocycles. The molecule has 3 rings (SSSR count). The number of nitrogens with two attached hydrogens (primary N) is 1. The van der Waals surface area contributed by atoms with E-state index in [4.69, 9.17) is 25.1 Å². The highest BCUT2D eigenvalue weighted by molar-refractivity contribution is 6.14. The van der Waals surface area contributed by atoms with Gasteiger partial charge in [-0.15, -0.1) is 0 Å². The molecule has 0 unspecified atom stereocenters. The van der Waals surface area contributed by atoms with Crippen LogP contribution in [0.1, 0.15) is 22.3 Å². The van der Waals surface area contributed by atoms with E-state index >= 15 is 0 Å². The minimum absolute atomic E-state index is 0.124. The number of nitrogens with one attached hydrogen (secondary N) is 1. The molecule has 10 heteroatoms. The fourth-order valence-corrected chi connectivity index (χ4v) is 2.93. The largest absolute Gasteiger partial charge is 0.497 e. The Morgan fingerprint density at radius 2 is 1.97 bits per heavy atom. The maximum absolute atomic E-state index is 12.6. The van der Waals surface area contributed by atoms with Gasteiger partial charge in [-0.25, -0.2) is 4.79 Å². The molecular weight excluding hydrogens is 420 g/mol. The second-order valence-corrected chi connectivity index (χ2v) is 6.79. The SMILES string of the molecule is COc1cccc(C=C2Oc3cc(OCC(=O)N[C@H](CC(N)=O)C(=O)O)ccc3C2=O)c1. The van der Waals surface area contributed by atoms with Crippen LogP contribution in [0.4, 0.5) is 0 Å². The molecule has 0 bridgehead atoms. The van der Waals surface area contributed by atoms with Crippen molar-refractivity contribution in [3.63, 3.8) is 0 Å². The normalized spacial score (nSPS) is 14.3. The number of carbonyl (C=O) groups is 4. The van der Waals surface area contributed by atoms with E-state index < -0.39 is 36.9 Å². The van der Waals surface area contributed by atoms with Crippen molar-refractivity contribution in [3.05, 3.63) is 59.4 Å². The van der Waals surface area contributed by atoms with Gasteiger partial charge in [0.1, 0.15) is 23.3 Å². The van der Waals surface area contributed by atoms with Gasteiger partial charge >= 0.3 is 5.97 Å². The number of benzene rings is 2. The number of fused-ring (bicyclic) bond motifs is 1. The number of carboxylic acid groups (broad SMARTS) is 1. The Labute approximate surface area is 182 Å². The molecule has 0 saturated carbocycles. The molecule has 4 N–H and O–H groups in total. The van der Waals surface area contributed by atoms with Gasteiger partial charge in [0.15, 0.2) is 12.4 Å². The lowest BCUT2D eigenvalue weighted by atomic mass is 10.1. The first kappa shape index (κ1) is 22.3. The number of aliphatic carboxylic acids is 1. The third-order valence-electron chi connectivity index (χ3n) is 4.44. The van der Waals surface area contributed by atoms with Crippen LogP contribution in [-0.2, 0) is 14.4 Å². The molecule has 0 spiro atoms. The summed E-state index contributed by atoms with van der Waals surface area (Å²) in [5, 5.41) is 11.2. The van der Waals surface area contributed by atoms with E-state index in [0.29, 0.717) is 11.3 Å². The fourth-order valence-electron chi connectivity index (χ4n) is 2.93. The first-order chi connectivity index (χ1) is 15.3. The Kier molecular flexibility index (Phi) is 6.74. The van der Waals surface area contributed by atoms with Crippen LogP contribution in [0.2, 0.25) is 0 Å². The fraction of sp³-hybridized carbons (Fsp3) is 0.182. The molecular formula is C22H20N2O8. The number of primary amides is 1. The van der Waals surface area contributed by atoms with Gasteiger partial charge in [0.05, 0.1) is 19.1 Å². The van der Waals surface area contributed by atoms with Gasteiger partial charge in [-0.3, -0.25) is 14.4 Å². The molecule has 0 saturated heterocycles. The van der Waals surface area contributed by atoms with Crippen LogP contribution in [0.3, 0.4) is 0 Å². The van der Waals surface area contributed by atoms with E-state index in [9.17, 15) is 19.2 Å². The number of ketones is 1. The summed E-state index contributed by atoms with van der Waals surface area (Å²) in [6, 6.07) is 10.1. The molecule has 2 aromatic carbocycles. The second-order valence-electron chi connectivity index (χ2n) is 6.79. The molecule has 32 heavy (non-hydrogen) atoms. The summed E-state index contributed by atoms with van der Waals surface area (Å²) in [5.74, 6) is -2.06. The molecule has 2 aromatic rings. The quantitative estimate of drug-likeness (QED) is 0.490. The minimum atomic E-state index is -1.45. The molecule has 1 atom stereocenters. The van der Waals surface area contributed by atoms with E-state index in [1.807, 2.05) is 0 Å². The first-order valence-electron chi connectivity index (χ1n) is 9.42. The van der Waals surface area contributed by atoms with Gasteiger partial charge in [-0.2, -0.15) is 0 Å². The van der Waals surface area contributed by atoms with E-state index in [2.05, 4.69) is 5.32 Å². The zero-order chi connectivity index (χ0) is 23.3. The van der Waals surface area contributed by atoms with Crippen LogP contribution in [0.15, 0.2) is 48.2 Å². The maximum atomic E-state index is 12.6. The highest BCUT2D eigenvalue weighted by Crippen LogP contribution is 2.35. The van der Waals surface area contributed by atoms with Crippen molar-refractivity contribution in [2.75, 3.05) is 13.7 Å². The summed E-state index contributed by atoms with van der Waals surface area (Å²) < 4.78 is 16.2. The molecule has 2 amide bonds. The van der Waals surface area contributed by atoms with E-state index in [0.717, 1.165) is 5.56 Å². The Hall–Kier alpha value is -4.34. The van der Waals surface area contributed by atoms with E-state index in [-0.39, 0.29) is 23.0 Å². The molecule has 1 heterocycles. The predicted octanol–water partition coefficient (Wildman–Crippen LogP) is 1.14. The number of rotatable bonds is 9. The van der Waals surface area contributed by atoms with Crippen molar-refractivity contribution in [2.24, 2.45) is 5.73 Å². The number of carbonyl (C=O) groups excluding carboxylic acids is 3. The lowest BCUT2D eigenvalue weighted by Crippen LogP contribution is -2.45. The van der Waals surface area contributed by atoms with Gasteiger partial charge in [-0.1, -0.05) is 12.1 Å². The summed E-state index contributed by atoms with van der Waals surface area (Å²) in [6.07, 6.45) is 1.04. The van der Waals surface area contributed by atoms with Crippen molar-refractivity contribution in [1.82, 2.24) is 5.32 Å². The van der Waals surface area contributed by atoms with Crippen molar-refractivity contribution in [2.45, 2.75) is 12.5 Å². The van der Waals surface area contributed by atoms with Crippen LogP contribution in [0.5, 0.6) is 17.2 Å². The van der Waals surface area contributed by atoms with Crippen LogP contribution in [-0.4, -0.2) is 48.4 Å². The lowest BCUT2D eigenvalue weighted by molar-refractivity contribution is -0.143. The average molecular weight is 440 g/mol. The topological polar surface area (TPSA) is 154 Å². The number of amides is 2. The smallest absolute Gasteiger partial charge is 0.326 e. The predicted molar refractivity (Wildman–Crippen MR) is 111 cm³/mol. The van der Waals surface area contributed by atoms with Crippen LogP contribution in [0.25, 0.3) is 6.08 Å². The zero-order valence-corrected chi connectivity index (χ0v) is 17.0. The number of carboxylic acids is 1. The Morgan fingerprint density at radius 1 is 1.19 bits per heavy atom. The molecule has 0 fully saturated rings. The van der Waals surface area contributed by atoms with Gasteiger partial charge in [0.2, 0.25) is 11.7 Å². The van der Waals surface area contributed by atoms with Crippen molar-refractivity contribution < 1.29 is 38.5 Å². The number of Topliss-reactive ketones (excluding diaryl/α,β-unsaturated/α-hetero) is 1. The number of methoxy groups -OCH3 is 1. The standard InChI is InChI=1S/C22H20N2O8/c1-30-13-4-2-3-12(7-13)8-18-21(27)15-6-5-14(9-17(15)32-18)31-11-20(26)24-16(22(28)29)10-19(23)25/h2-9,16H,10-11H2,1H3,(H2,23,25)(H,24,26)(H,28,29)/t16-/m1/s1. The molecule has 0 radical (unpaired) electrons. The molecule has 0 aromatic heterocycles. The van der Waals surface area contributed by atoms with Crippen molar-refractivity contribution in [3.8, 4) is 17.2 Å². The van der Waals surface area contributed by atoms with E-state index in [1.165, 1.54) is 18.2 Å². The summed E-state index contributed by atoms with van der Waals surface area (Å²) >= 11 is 0. The lowest BCUT2D eigenvalue weighted by Gasteiger charge is -2.13. The Bertz CT molecular complexity index is 1110. The third-order valence-corrected chi connectivity index (χ3v) is 4.44. The third kappa shape index (κ3) is 5.42. The molecule has 10 nitrogen and oxygen atoms in total. The average Bonchev–Trinajstić information content (AvgIpc) is 3.06. The molecule has 1 aliphatic rings. The van der Waals surface area contributed by atoms with Crippen LogP contribution < -0.4 is 25.3 Å². The number of hydrogen-bond donors (Lipinski definition) is 3. The summed E-state index contributed by atoms with van der Waals surface area (Å²) in [7, 11) is 1.54. The summed E-state index contributed by atoms with van der Waals surface area (Å²) in [6.45, 7) is -0.512. The number of hydrogen-bond acceptors (Lipinski definition) is 7. The van der Waals surface area contributed by atoms with Crippen molar-refractivity contribution in [1.29, 1.82) is 0 Å².